The summed E-state index contributed by atoms with van der Waals surface area (Å²) >= 11 is 0. The van der Waals surface area contributed by atoms with Crippen molar-refractivity contribution in [1.82, 2.24) is 20.0 Å². The summed E-state index contributed by atoms with van der Waals surface area (Å²) in [4.78, 5) is 12.3. The van der Waals surface area contributed by atoms with Gasteiger partial charge in [-0.1, -0.05) is 0 Å². The Morgan fingerprint density at radius 2 is 1.96 bits per heavy atom. The molecular weight excluding hydrogens is 429 g/mol. The van der Waals surface area contributed by atoms with Crippen LogP contribution < -0.4 is 5.32 Å². The van der Waals surface area contributed by atoms with Crippen LogP contribution in [0.3, 0.4) is 0 Å². The van der Waals surface area contributed by atoms with Crippen LogP contribution in [-0.4, -0.2) is 99.3 Å². The second-order valence-corrected chi connectivity index (χ2v) is 8.10. The summed E-state index contributed by atoms with van der Waals surface area (Å²) < 4.78 is 5.81. The second-order valence-electron chi connectivity index (χ2n) is 8.10. The maximum atomic E-state index is 5.81. The number of nitrogens with one attached hydrogen (secondary N) is 1. The van der Waals surface area contributed by atoms with Gasteiger partial charge in [0.05, 0.1) is 6.61 Å². The van der Waals surface area contributed by atoms with Crippen molar-refractivity contribution in [2.75, 3.05) is 72.6 Å². The van der Waals surface area contributed by atoms with Crippen molar-refractivity contribution in [3.05, 3.63) is 0 Å². The molecule has 5 aliphatic rings. The van der Waals surface area contributed by atoms with Gasteiger partial charge in [0.15, 0.2) is 5.96 Å². The number of hydrogen-bond acceptors (Lipinski definition) is 4. The summed E-state index contributed by atoms with van der Waals surface area (Å²) in [5.74, 6) is 1.09. The van der Waals surface area contributed by atoms with E-state index < -0.39 is 0 Å². The van der Waals surface area contributed by atoms with Gasteiger partial charge < -0.3 is 15.0 Å². The third-order valence-corrected chi connectivity index (χ3v) is 6.46. The van der Waals surface area contributed by atoms with Gasteiger partial charge >= 0.3 is 0 Å². The number of ether oxygens (including phenoxy) is 1. The second kappa shape index (κ2) is 8.71. The van der Waals surface area contributed by atoms with E-state index in [1.807, 2.05) is 7.05 Å². The summed E-state index contributed by atoms with van der Waals surface area (Å²) in [6.45, 7) is 11.3. The first-order chi connectivity index (χ1) is 11.8. The molecule has 25 heavy (non-hydrogen) atoms. The van der Waals surface area contributed by atoms with Gasteiger partial charge in [-0.2, -0.15) is 0 Å². The molecule has 5 saturated heterocycles. The van der Waals surface area contributed by atoms with E-state index in [-0.39, 0.29) is 24.0 Å². The number of guanidine groups is 1. The van der Waals surface area contributed by atoms with Crippen LogP contribution in [0.15, 0.2) is 4.99 Å². The maximum absolute atomic E-state index is 5.81. The van der Waals surface area contributed by atoms with Crippen LogP contribution in [0.5, 0.6) is 0 Å². The number of piperazine rings is 3. The molecule has 7 heteroatoms. The van der Waals surface area contributed by atoms with E-state index in [0.29, 0.717) is 11.5 Å². The van der Waals surface area contributed by atoms with E-state index in [2.05, 4.69) is 25.0 Å². The van der Waals surface area contributed by atoms with E-state index >= 15 is 0 Å². The smallest absolute Gasteiger partial charge is 0.193 e. The van der Waals surface area contributed by atoms with Gasteiger partial charge in [-0.3, -0.25) is 14.8 Å². The molecular formula is C18H34IN5O. The third kappa shape index (κ3) is 4.42. The quantitative estimate of drug-likeness (QED) is 0.377. The normalized spacial score (nSPS) is 38.5. The van der Waals surface area contributed by atoms with Crippen LogP contribution in [0.4, 0.5) is 0 Å². The molecule has 0 aromatic heterocycles. The highest BCUT2D eigenvalue weighted by atomic mass is 127. The lowest BCUT2D eigenvalue weighted by atomic mass is 9.76. The molecule has 1 spiro atoms. The van der Waals surface area contributed by atoms with E-state index in [1.165, 1.54) is 58.4 Å². The molecule has 0 aliphatic carbocycles. The minimum absolute atomic E-state index is 0. The van der Waals surface area contributed by atoms with Crippen LogP contribution in [0.25, 0.3) is 0 Å². The molecule has 2 atom stereocenters. The average Bonchev–Trinajstić information content (AvgIpc) is 2.64. The molecule has 5 aliphatic heterocycles. The van der Waals surface area contributed by atoms with Gasteiger partial charge in [-0.25, -0.2) is 0 Å². The standard InChI is InChI=1S/C18H33N5O.HI/c1-19-17(20-12-16-13-21-7-9-22(16)10-8-21)23-6-2-4-18(14-23)5-3-11-24-15-18;/h16H,2-15H2,1H3,(H,19,20);1H. The Morgan fingerprint density at radius 3 is 2.60 bits per heavy atom. The molecule has 0 aromatic rings. The Labute approximate surface area is 169 Å². The van der Waals surface area contributed by atoms with Crippen molar-refractivity contribution >= 4 is 29.9 Å². The highest BCUT2D eigenvalue weighted by Gasteiger charge is 2.38. The number of rotatable bonds is 2. The Morgan fingerprint density at radius 1 is 1.16 bits per heavy atom. The third-order valence-electron chi connectivity index (χ3n) is 6.46. The zero-order valence-electron chi connectivity index (χ0n) is 15.6. The maximum Gasteiger partial charge on any atom is 0.193 e. The first kappa shape index (κ1) is 19.6. The van der Waals surface area contributed by atoms with Crippen molar-refractivity contribution in [2.24, 2.45) is 10.4 Å². The molecule has 5 rings (SSSR count). The summed E-state index contributed by atoms with van der Waals surface area (Å²) in [5, 5.41) is 3.68. The topological polar surface area (TPSA) is 43.3 Å². The molecule has 0 aromatic carbocycles. The summed E-state index contributed by atoms with van der Waals surface area (Å²) in [6.07, 6.45) is 5.10. The predicted molar refractivity (Wildman–Crippen MR) is 112 cm³/mol. The van der Waals surface area contributed by atoms with Gasteiger partial charge in [0.2, 0.25) is 0 Å². The van der Waals surface area contributed by atoms with Gasteiger partial charge in [0.25, 0.3) is 0 Å². The predicted octanol–water partition coefficient (Wildman–Crippen LogP) is 1.07. The molecule has 0 amide bonds. The fourth-order valence-electron chi connectivity index (χ4n) is 5.08. The summed E-state index contributed by atoms with van der Waals surface area (Å²) in [6, 6.07) is 0.640. The number of hydrogen-bond donors (Lipinski definition) is 1. The van der Waals surface area contributed by atoms with Gasteiger partial charge in [-0.05, 0) is 25.7 Å². The summed E-state index contributed by atoms with van der Waals surface area (Å²) in [7, 11) is 1.93. The number of aliphatic imine (C=N–C) groups is 1. The largest absolute Gasteiger partial charge is 0.381 e. The number of likely N-dealkylation sites (tertiary alicyclic amines) is 1. The molecule has 1 N–H and O–H groups in total. The zero-order valence-corrected chi connectivity index (χ0v) is 17.9. The molecule has 6 nitrogen and oxygen atoms in total. The number of nitrogens with zero attached hydrogens (tertiary/aromatic N) is 4. The molecule has 5 heterocycles. The number of halogens is 1. The lowest BCUT2D eigenvalue weighted by Crippen LogP contribution is -2.64. The number of fused-ring (bicyclic) bond motifs is 3. The Balaban J connectivity index is 0.00000182. The molecule has 2 bridgehead atoms. The minimum Gasteiger partial charge on any atom is -0.381 e. The Kier molecular flexibility index (Phi) is 6.84. The fraction of sp³-hybridized carbons (Fsp3) is 0.944. The summed E-state index contributed by atoms with van der Waals surface area (Å²) in [5.41, 5.74) is 0.368. The average molecular weight is 463 g/mol. The molecule has 0 saturated carbocycles. The zero-order chi connectivity index (χ0) is 16.4. The van der Waals surface area contributed by atoms with E-state index in [1.54, 1.807) is 0 Å². The first-order valence-electron chi connectivity index (χ1n) is 9.78. The van der Waals surface area contributed by atoms with Crippen LogP contribution in [-0.2, 0) is 4.74 Å². The first-order valence-corrected chi connectivity index (χ1v) is 9.78. The molecule has 144 valence electrons. The van der Waals surface area contributed by atoms with Crippen LogP contribution in [0.1, 0.15) is 25.7 Å². The van der Waals surface area contributed by atoms with E-state index in [0.717, 1.165) is 38.8 Å². The van der Waals surface area contributed by atoms with Crippen LogP contribution >= 0.6 is 24.0 Å². The minimum atomic E-state index is 0. The Bertz CT molecular complexity index is 455. The molecule has 5 fully saturated rings. The molecule has 0 radical (unpaired) electrons. The van der Waals surface area contributed by atoms with Crippen LogP contribution in [0, 0.1) is 5.41 Å². The van der Waals surface area contributed by atoms with Gasteiger partial charge in [-0.15, -0.1) is 24.0 Å². The van der Waals surface area contributed by atoms with Gasteiger partial charge in [0, 0.05) is 77.5 Å². The highest BCUT2D eigenvalue weighted by Crippen LogP contribution is 2.37. The van der Waals surface area contributed by atoms with Crippen molar-refractivity contribution in [1.29, 1.82) is 0 Å². The SMILES string of the molecule is CN=C(NCC1CN2CCN1CC2)N1CCCC2(CCCOC2)C1.I. The van der Waals surface area contributed by atoms with Crippen molar-refractivity contribution in [2.45, 2.75) is 31.7 Å². The van der Waals surface area contributed by atoms with E-state index in [9.17, 15) is 0 Å². The van der Waals surface area contributed by atoms with Crippen molar-refractivity contribution in [3.8, 4) is 0 Å². The van der Waals surface area contributed by atoms with E-state index in [4.69, 9.17) is 4.74 Å². The lowest BCUT2D eigenvalue weighted by molar-refractivity contribution is -0.0372. The van der Waals surface area contributed by atoms with Crippen LogP contribution in [0.2, 0.25) is 0 Å². The highest BCUT2D eigenvalue weighted by molar-refractivity contribution is 14.0. The molecule has 2 unspecified atom stereocenters. The van der Waals surface area contributed by atoms with Crippen molar-refractivity contribution < 1.29 is 4.74 Å². The van der Waals surface area contributed by atoms with Gasteiger partial charge in [0.1, 0.15) is 0 Å². The lowest BCUT2D eigenvalue weighted by Gasteiger charge is -2.48. The van der Waals surface area contributed by atoms with Crippen molar-refractivity contribution in [3.63, 3.8) is 0 Å². The Hall–Kier alpha value is -0.120. The number of piperidine rings is 1. The fourth-order valence-corrected chi connectivity index (χ4v) is 5.08. The monoisotopic (exact) mass is 463 g/mol.